The molecular formula is C22H14O2. The van der Waals surface area contributed by atoms with E-state index in [2.05, 4.69) is 24.3 Å². The van der Waals surface area contributed by atoms with Gasteiger partial charge >= 0.3 is 0 Å². The second-order valence-corrected chi connectivity index (χ2v) is 6.17. The molecule has 2 heteroatoms. The summed E-state index contributed by atoms with van der Waals surface area (Å²) in [5, 5.41) is 28.6. The number of aromatic hydroxyl groups is 2. The predicted octanol–water partition coefficient (Wildman–Crippen LogP) is 5.71. The molecule has 0 fully saturated rings. The van der Waals surface area contributed by atoms with Gasteiger partial charge in [-0.05, 0) is 55.9 Å². The van der Waals surface area contributed by atoms with Crippen LogP contribution >= 0.6 is 0 Å². The van der Waals surface area contributed by atoms with Crippen LogP contribution in [0.25, 0.3) is 43.1 Å². The zero-order valence-electron chi connectivity index (χ0n) is 12.8. The molecule has 0 aliphatic carbocycles. The van der Waals surface area contributed by atoms with Crippen LogP contribution in [-0.4, -0.2) is 10.2 Å². The molecule has 0 unspecified atom stereocenters. The lowest BCUT2D eigenvalue weighted by Gasteiger charge is -2.11. The maximum atomic E-state index is 10.4. The average Bonchev–Trinajstić information content (AvgIpc) is 2.61. The maximum Gasteiger partial charge on any atom is 0.124 e. The van der Waals surface area contributed by atoms with Gasteiger partial charge in [-0.15, -0.1) is 0 Å². The smallest absolute Gasteiger partial charge is 0.124 e. The Labute approximate surface area is 138 Å². The highest BCUT2D eigenvalue weighted by Gasteiger charge is 2.10. The van der Waals surface area contributed by atoms with Crippen LogP contribution in [0.5, 0.6) is 11.5 Å². The quantitative estimate of drug-likeness (QED) is 0.360. The minimum Gasteiger partial charge on any atom is -0.508 e. The van der Waals surface area contributed by atoms with Crippen molar-refractivity contribution in [2.24, 2.45) is 0 Å². The van der Waals surface area contributed by atoms with Crippen molar-refractivity contribution in [1.82, 2.24) is 0 Å². The fourth-order valence-electron chi connectivity index (χ4n) is 3.69. The van der Waals surface area contributed by atoms with Crippen LogP contribution in [-0.2, 0) is 0 Å². The van der Waals surface area contributed by atoms with E-state index < -0.39 is 0 Å². The molecule has 0 heterocycles. The molecule has 0 saturated heterocycles. The minimum absolute atomic E-state index is 0.261. The molecule has 5 rings (SSSR count). The maximum absolute atomic E-state index is 10.4. The number of phenolic OH excluding ortho intramolecular Hbond substituents is 2. The van der Waals surface area contributed by atoms with E-state index in [1.165, 1.54) is 0 Å². The first-order valence-electron chi connectivity index (χ1n) is 7.91. The summed E-state index contributed by atoms with van der Waals surface area (Å²) >= 11 is 0. The Kier molecular flexibility index (Phi) is 2.54. The van der Waals surface area contributed by atoms with E-state index in [-0.39, 0.29) is 5.75 Å². The Morgan fingerprint density at radius 2 is 1.04 bits per heavy atom. The summed E-state index contributed by atoms with van der Waals surface area (Å²) < 4.78 is 0. The lowest BCUT2D eigenvalue weighted by atomic mass is 9.94. The molecule has 0 spiro atoms. The molecule has 0 saturated carbocycles. The molecule has 5 aromatic carbocycles. The third-order valence-electron chi connectivity index (χ3n) is 4.82. The van der Waals surface area contributed by atoms with E-state index in [1.54, 1.807) is 12.1 Å². The third-order valence-corrected chi connectivity index (χ3v) is 4.82. The summed E-state index contributed by atoms with van der Waals surface area (Å²) in [6, 6.07) is 23.5. The molecular weight excluding hydrogens is 296 g/mol. The predicted molar refractivity (Wildman–Crippen MR) is 99.8 cm³/mol. The first-order valence-corrected chi connectivity index (χ1v) is 7.91. The largest absolute Gasteiger partial charge is 0.508 e. The number of phenols is 2. The normalized spacial score (nSPS) is 11.7. The summed E-state index contributed by atoms with van der Waals surface area (Å²) in [4.78, 5) is 0. The van der Waals surface area contributed by atoms with Gasteiger partial charge in [0.2, 0.25) is 0 Å². The van der Waals surface area contributed by atoms with Gasteiger partial charge in [0.1, 0.15) is 11.5 Å². The molecule has 0 bridgehead atoms. The summed E-state index contributed by atoms with van der Waals surface area (Å²) in [6.07, 6.45) is 0. The topological polar surface area (TPSA) is 40.5 Å². The van der Waals surface area contributed by atoms with Crippen molar-refractivity contribution in [2.75, 3.05) is 0 Å². The van der Waals surface area contributed by atoms with Crippen molar-refractivity contribution < 1.29 is 10.2 Å². The van der Waals surface area contributed by atoms with E-state index in [9.17, 15) is 10.2 Å². The van der Waals surface area contributed by atoms with Gasteiger partial charge in [0.25, 0.3) is 0 Å². The summed E-state index contributed by atoms with van der Waals surface area (Å²) in [5.74, 6) is 0.554. The zero-order valence-corrected chi connectivity index (χ0v) is 12.8. The third kappa shape index (κ3) is 1.71. The van der Waals surface area contributed by atoms with E-state index in [1.807, 2.05) is 36.4 Å². The van der Waals surface area contributed by atoms with Crippen molar-refractivity contribution in [3.63, 3.8) is 0 Å². The van der Waals surface area contributed by atoms with Gasteiger partial charge in [0, 0.05) is 5.39 Å². The van der Waals surface area contributed by atoms with Gasteiger partial charge in [0.15, 0.2) is 0 Å². The lowest BCUT2D eigenvalue weighted by Crippen LogP contribution is -1.83. The number of hydrogen-bond acceptors (Lipinski definition) is 2. The molecule has 0 radical (unpaired) electrons. The highest BCUT2D eigenvalue weighted by Crippen LogP contribution is 2.38. The average molecular weight is 310 g/mol. The minimum atomic E-state index is 0.261. The van der Waals surface area contributed by atoms with Crippen molar-refractivity contribution in [3.05, 3.63) is 72.8 Å². The SMILES string of the molecule is Oc1ccc2ccc3c(ccc4c5ccccc5c(O)cc43)c2c1. The van der Waals surface area contributed by atoms with Gasteiger partial charge in [-0.1, -0.05) is 54.6 Å². The first-order chi connectivity index (χ1) is 11.7. The van der Waals surface area contributed by atoms with E-state index in [0.29, 0.717) is 5.75 Å². The summed E-state index contributed by atoms with van der Waals surface area (Å²) in [6.45, 7) is 0. The molecule has 0 aromatic heterocycles. The van der Waals surface area contributed by atoms with Crippen LogP contribution in [0.2, 0.25) is 0 Å². The fourth-order valence-corrected chi connectivity index (χ4v) is 3.69. The van der Waals surface area contributed by atoms with Crippen LogP contribution in [0.3, 0.4) is 0 Å². The van der Waals surface area contributed by atoms with E-state index in [4.69, 9.17) is 0 Å². The number of hydrogen-bond donors (Lipinski definition) is 2. The van der Waals surface area contributed by atoms with Gasteiger partial charge in [-0.25, -0.2) is 0 Å². The van der Waals surface area contributed by atoms with Crippen LogP contribution in [0.1, 0.15) is 0 Å². The van der Waals surface area contributed by atoms with Crippen LogP contribution in [0, 0.1) is 0 Å². The number of benzene rings is 5. The number of fused-ring (bicyclic) bond motifs is 7. The summed E-state index contributed by atoms with van der Waals surface area (Å²) in [5.41, 5.74) is 0. The van der Waals surface area contributed by atoms with Gasteiger partial charge < -0.3 is 10.2 Å². The van der Waals surface area contributed by atoms with Gasteiger partial charge in [-0.3, -0.25) is 0 Å². The molecule has 114 valence electrons. The van der Waals surface area contributed by atoms with Crippen LogP contribution < -0.4 is 0 Å². The van der Waals surface area contributed by atoms with Gasteiger partial charge in [-0.2, -0.15) is 0 Å². The van der Waals surface area contributed by atoms with Crippen molar-refractivity contribution in [2.45, 2.75) is 0 Å². The Hall–Kier alpha value is -3.26. The highest BCUT2D eigenvalue weighted by atomic mass is 16.3. The molecule has 2 N–H and O–H groups in total. The second kappa shape index (κ2) is 4.62. The van der Waals surface area contributed by atoms with Crippen molar-refractivity contribution >= 4 is 43.1 Å². The molecule has 0 atom stereocenters. The Bertz CT molecular complexity index is 1270. The van der Waals surface area contributed by atoms with E-state index in [0.717, 1.165) is 43.1 Å². The molecule has 0 aliphatic rings. The molecule has 5 aromatic rings. The Morgan fingerprint density at radius 1 is 0.458 bits per heavy atom. The first kappa shape index (κ1) is 13.2. The van der Waals surface area contributed by atoms with Gasteiger partial charge in [0.05, 0.1) is 0 Å². The Morgan fingerprint density at radius 3 is 1.83 bits per heavy atom. The number of rotatable bonds is 0. The fraction of sp³-hybridized carbons (Fsp3) is 0. The molecule has 0 amide bonds. The van der Waals surface area contributed by atoms with Crippen LogP contribution in [0.4, 0.5) is 0 Å². The lowest BCUT2D eigenvalue weighted by molar-refractivity contribution is 0.476. The monoisotopic (exact) mass is 310 g/mol. The van der Waals surface area contributed by atoms with Crippen molar-refractivity contribution in [3.8, 4) is 11.5 Å². The van der Waals surface area contributed by atoms with E-state index >= 15 is 0 Å². The second-order valence-electron chi connectivity index (χ2n) is 6.17. The summed E-state index contributed by atoms with van der Waals surface area (Å²) in [7, 11) is 0. The standard InChI is InChI=1S/C22H14O2/c23-14-7-5-13-6-8-17-16(20(13)11-14)9-10-18-15-3-1-2-4-19(15)22(24)12-21(17)18/h1-12,23-24H. The molecule has 24 heavy (non-hydrogen) atoms. The Balaban J connectivity index is 2.04. The highest BCUT2D eigenvalue weighted by molar-refractivity contribution is 6.23. The van der Waals surface area contributed by atoms with Crippen LogP contribution in [0.15, 0.2) is 72.8 Å². The molecule has 0 aliphatic heterocycles. The zero-order chi connectivity index (χ0) is 16.3. The van der Waals surface area contributed by atoms with Crippen molar-refractivity contribution in [1.29, 1.82) is 0 Å². The molecule has 2 nitrogen and oxygen atoms in total.